The minimum absolute atomic E-state index is 0.0337. The topological polar surface area (TPSA) is 44.8 Å². The number of carbonyl (C=O) groups excluding carboxylic acids is 1. The number of hydrogen-bond acceptors (Lipinski definition) is 4. The molecule has 4 nitrogen and oxygen atoms in total. The molecule has 0 aromatic rings. The van der Waals surface area contributed by atoms with E-state index in [0.29, 0.717) is 13.2 Å². The smallest absolute Gasteiger partial charge is 0.330 e. The molecule has 5 heteroatoms. The lowest BCUT2D eigenvalue weighted by Crippen LogP contribution is -2.36. The standard InChI is InChI=1S/C12H24O4Si/c1-5-9-11(16-10(13)6-2)17-12(14-7-3)15-8-4/h6,11-12H,2,5,7-9,17H2,1,3-4H3. The van der Waals surface area contributed by atoms with Gasteiger partial charge in [0.1, 0.15) is 15.4 Å². The van der Waals surface area contributed by atoms with Crippen LogP contribution in [0.3, 0.4) is 0 Å². The minimum atomic E-state index is -0.781. The van der Waals surface area contributed by atoms with E-state index in [-0.39, 0.29) is 17.6 Å². The Balaban J connectivity index is 4.25. The summed E-state index contributed by atoms with van der Waals surface area (Å²) in [7, 11) is -0.781. The normalized spacial score (nSPS) is 13.2. The summed E-state index contributed by atoms with van der Waals surface area (Å²) in [6.45, 7) is 10.6. The summed E-state index contributed by atoms with van der Waals surface area (Å²) < 4.78 is 16.3. The molecule has 0 aliphatic rings. The molecule has 0 saturated carbocycles. The van der Waals surface area contributed by atoms with Crippen LogP contribution in [0.4, 0.5) is 0 Å². The molecule has 0 aliphatic carbocycles. The van der Waals surface area contributed by atoms with Gasteiger partial charge in [0.15, 0.2) is 0 Å². The third kappa shape index (κ3) is 8.12. The first-order valence-corrected chi connectivity index (χ1v) is 7.87. The molecule has 0 aliphatic heterocycles. The van der Waals surface area contributed by atoms with Crippen molar-refractivity contribution in [1.82, 2.24) is 0 Å². The largest absolute Gasteiger partial charge is 0.464 e. The lowest BCUT2D eigenvalue weighted by atomic mass is 10.3. The first-order chi connectivity index (χ1) is 8.17. The van der Waals surface area contributed by atoms with Crippen molar-refractivity contribution in [3.63, 3.8) is 0 Å². The maximum atomic E-state index is 11.2. The van der Waals surface area contributed by atoms with E-state index in [4.69, 9.17) is 14.2 Å². The Kier molecular flexibility index (Phi) is 10.1. The van der Waals surface area contributed by atoms with Crippen molar-refractivity contribution >= 4 is 15.5 Å². The Morgan fingerprint density at radius 1 is 1.29 bits per heavy atom. The molecule has 0 N–H and O–H groups in total. The van der Waals surface area contributed by atoms with E-state index >= 15 is 0 Å². The Bertz CT molecular complexity index is 215. The third-order valence-electron chi connectivity index (χ3n) is 2.22. The van der Waals surface area contributed by atoms with Crippen LogP contribution in [0.25, 0.3) is 0 Å². The third-order valence-corrected chi connectivity index (χ3v) is 4.18. The molecule has 0 rings (SSSR count). The van der Waals surface area contributed by atoms with Gasteiger partial charge in [-0.05, 0) is 20.3 Å². The summed E-state index contributed by atoms with van der Waals surface area (Å²) in [5.74, 6) is -0.526. The van der Waals surface area contributed by atoms with E-state index in [1.807, 2.05) is 13.8 Å². The molecule has 0 radical (unpaired) electrons. The van der Waals surface area contributed by atoms with Crippen molar-refractivity contribution < 1.29 is 19.0 Å². The van der Waals surface area contributed by atoms with E-state index in [1.54, 1.807) is 0 Å². The predicted octanol–water partition coefficient (Wildman–Crippen LogP) is 1.37. The minimum Gasteiger partial charge on any atom is -0.464 e. The van der Waals surface area contributed by atoms with Crippen molar-refractivity contribution in [2.45, 2.75) is 45.3 Å². The first kappa shape index (κ1) is 16.3. The van der Waals surface area contributed by atoms with Gasteiger partial charge in [-0.15, -0.1) is 0 Å². The molecular formula is C12H24O4Si. The highest BCUT2D eigenvalue weighted by molar-refractivity contribution is 6.38. The zero-order valence-corrected chi connectivity index (χ0v) is 12.5. The van der Waals surface area contributed by atoms with Gasteiger partial charge in [-0.2, -0.15) is 0 Å². The van der Waals surface area contributed by atoms with Gasteiger partial charge in [-0.1, -0.05) is 19.9 Å². The van der Waals surface area contributed by atoms with Gasteiger partial charge < -0.3 is 14.2 Å². The van der Waals surface area contributed by atoms with Gasteiger partial charge in [0.2, 0.25) is 0 Å². The number of rotatable bonds is 10. The van der Waals surface area contributed by atoms with Crippen LogP contribution in [-0.2, 0) is 19.0 Å². The molecule has 1 atom stereocenters. The van der Waals surface area contributed by atoms with Crippen molar-refractivity contribution in [1.29, 1.82) is 0 Å². The molecule has 0 heterocycles. The molecule has 0 amide bonds. The number of hydrogen-bond donors (Lipinski definition) is 0. The van der Waals surface area contributed by atoms with Crippen molar-refractivity contribution in [3.8, 4) is 0 Å². The van der Waals surface area contributed by atoms with E-state index in [0.717, 1.165) is 12.8 Å². The highest BCUT2D eigenvalue weighted by atomic mass is 28.2. The predicted molar refractivity (Wildman–Crippen MR) is 70.6 cm³/mol. The summed E-state index contributed by atoms with van der Waals surface area (Å²) in [6.07, 6.45) is 3.04. The molecule has 0 aromatic heterocycles. The van der Waals surface area contributed by atoms with Crippen LogP contribution in [0.1, 0.15) is 33.6 Å². The fourth-order valence-corrected chi connectivity index (χ4v) is 3.61. The van der Waals surface area contributed by atoms with Crippen LogP contribution in [0.5, 0.6) is 0 Å². The summed E-state index contributed by atoms with van der Waals surface area (Å²) in [6, 6.07) is 0. The summed E-state index contributed by atoms with van der Waals surface area (Å²) in [5.41, 5.74) is -0.0337. The van der Waals surface area contributed by atoms with Gasteiger partial charge in [0.05, 0.1) is 5.73 Å². The number of esters is 1. The lowest BCUT2D eigenvalue weighted by molar-refractivity contribution is -0.140. The van der Waals surface area contributed by atoms with Crippen LogP contribution in [0.15, 0.2) is 12.7 Å². The summed E-state index contributed by atoms with van der Waals surface area (Å²) in [5, 5.41) is 0. The summed E-state index contributed by atoms with van der Waals surface area (Å²) >= 11 is 0. The van der Waals surface area contributed by atoms with Gasteiger partial charge in [-0.3, -0.25) is 0 Å². The Hall–Kier alpha value is -0.653. The van der Waals surface area contributed by atoms with Gasteiger partial charge in [-0.25, -0.2) is 4.79 Å². The molecule has 17 heavy (non-hydrogen) atoms. The second-order valence-corrected chi connectivity index (χ2v) is 5.68. The van der Waals surface area contributed by atoms with Crippen molar-refractivity contribution in [3.05, 3.63) is 12.7 Å². The van der Waals surface area contributed by atoms with Crippen LogP contribution < -0.4 is 0 Å². The highest BCUT2D eigenvalue weighted by Gasteiger charge is 2.20. The SMILES string of the molecule is C=CC(=O)OC(CCC)[SiH2]C(OCC)OCC. The molecule has 0 fully saturated rings. The van der Waals surface area contributed by atoms with E-state index < -0.39 is 9.52 Å². The molecule has 0 aromatic carbocycles. The molecule has 0 spiro atoms. The van der Waals surface area contributed by atoms with Crippen molar-refractivity contribution in [2.24, 2.45) is 0 Å². The van der Waals surface area contributed by atoms with Crippen LogP contribution in [-0.4, -0.2) is 40.3 Å². The highest BCUT2D eigenvalue weighted by Crippen LogP contribution is 2.06. The summed E-state index contributed by atoms with van der Waals surface area (Å²) in [4.78, 5) is 11.2. The van der Waals surface area contributed by atoms with Gasteiger partial charge >= 0.3 is 5.97 Å². The average Bonchev–Trinajstić information content (AvgIpc) is 2.29. The zero-order valence-electron chi connectivity index (χ0n) is 11.1. The second-order valence-electron chi connectivity index (χ2n) is 3.63. The van der Waals surface area contributed by atoms with E-state index in [1.165, 1.54) is 6.08 Å². The van der Waals surface area contributed by atoms with Crippen LogP contribution in [0, 0.1) is 0 Å². The lowest BCUT2D eigenvalue weighted by Gasteiger charge is -2.22. The van der Waals surface area contributed by atoms with Crippen LogP contribution >= 0.6 is 0 Å². The molecule has 1 unspecified atom stereocenters. The second kappa shape index (κ2) is 10.5. The molecular weight excluding hydrogens is 236 g/mol. The maximum Gasteiger partial charge on any atom is 0.330 e. The van der Waals surface area contributed by atoms with Gasteiger partial charge in [0.25, 0.3) is 0 Å². The van der Waals surface area contributed by atoms with Crippen molar-refractivity contribution in [2.75, 3.05) is 13.2 Å². The average molecular weight is 260 g/mol. The number of ether oxygens (including phenoxy) is 3. The quantitative estimate of drug-likeness (QED) is 0.257. The maximum absolute atomic E-state index is 11.2. The Labute approximate surface area is 106 Å². The van der Waals surface area contributed by atoms with Gasteiger partial charge in [0, 0.05) is 19.3 Å². The number of carbonyl (C=O) groups is 1. The molecule has 0 bridgehead atoms. The molecule has 0 saturated heterocycles. The fraction of sp³-hybridized carbons (Fsp3) is 0.750. The zero-order chi connectivity index (χ0) is 13.1. The molecule has 100 valence electrons. The Morgan fingerprint density at radius 2 is 1.88 bits per heavy atom. The van der Waals surface area contributed by atoms with E-state index in [2.05, 4.69) is 13.5 Å². The monoisotopic (exact) mass is 260 g/mol. The van der Waals surface area contributed by atoms with E-state index in [9.17, 15) is 4.79 Å². The first-order valence-electron chi connectivity index (χ1n) is 6.24. The fourth-order valence-electron chi connectivity index (χ4n) is 1.53. The van der Waals surface area contributed by atoms with Crippen LogP contribution in [0.2, 0.25) is 0 Å². The Morgan fingerprint density at radius 3 is 2.29 bits per heavy atom.